The summed E-state index contributed by atoms with van der Waals surface area (Å²) in [7, 11) is 0. The highest BCUT2D eigenvalue weighted by Crippen LogP contribution is 2.36. The molecule has 0 saturated heterocycles. The molecule has 1 aliphatic rings. The lowest BCUT2D eigenvalue weighted by atomic mass is 10.1. The Labute approximate surface area is 120 Å². The van der Waals surface area contributed by atoms with Gasteiger partial charge in [-0.2, -0.15) is 0 Å². The fourth-order valence-electron chi connectivity index (χ4n) is 2.55. The molecule has 0 unspecified atom stereocenters. The highest BCUT2D eigenvalue weighted by Gasteiger charge is 2.20. The first-order valence-corrected chi connectivity index (χ1v) is 6.73. The minimum atomic E-state index is 0.809. The Hall–Kier alpha value is -2.54. The van der Waals surface area contributed by atoms with Gasteiger partial charge in [-0.1, -0.05) is 67.8 Å². The van der Waals surface area contributed by atoms with E-state index in [1.165, 1.54) is 16.7 Å². The number of hydrogen-bond donors (Lipinski definition) is 0. The first-order valence-electron chi connectivity index (χ1n) is 6.73. The van der Waals surface area contributed by atoms with Crippen molar-refractivity contribution in [2.75, 3.05) is 0 Å². The maximum absolute atomic E-state index is 4.23. The van der Waals surface area contributed by atoms with Crippen LogP contribution < -0.4 is 0 Å². The Balaban J connectivity index is 1.89. The number of hydrogen-bond acceptors (Lipinski definition) is 1. The molecule has 0 heterocycles. The molecule has 1 aliphatic carbocycles. The maximum Gasteiger partial charge on any atom is 0.0489 e. The molecular formula is C19H17N. The van der Waals surface area contributed by atoms with Crippen molar-refractivity contribution in [2.24, 2.45) is 0 Å². The van der Waals surface area contributed by atoms with Crippen LogP contribution in [-0.2, 0) is 6.54 Å². The summed E-state index contributed by atoms with van der Waals surface area (Å²) in [6, 6.07) is 18.8. The van der Waals surface area contributed by atoms with E-state index in [-0.39, 0.29) is 0 Å². The van der Waals surface area contributed by atoms with Gasteiger partial charge >= 0.3 is 0 Å². The normalized spacial score (nSPS) is 12.8. The van der Waals surface area contributed by atoms with Gasteiger partial charge in [0.05, 0.1) is 0 Å². The molecule has 0 aliphatic heterocycles. The molecule has 0 radical (unpaired) electrons. The van der Waals surface area contributed by atoms with Gasteiger partial charge in [-0.15, -0.1) is 0 Å². The largest absolute Gasteiger partial charge is 0.344 e. The molecule has 0 amide bonds. The molecule has 0 atom stereocenters. The molecule has 2 aromatic rings. The lowest BCUT2D eigenvalue weighted by Gasteiger charge is -2.22. The number of allylic oxidation sites excluding steroid dienone is 1. The predicted octanol–water partition coefficient (Wildman–Crippen LogP) is 4.70. The van der Waals surface area contributed by atoms with Crippen LogP contribution in [0, 0.1) is 0 Å². The molecule has 2 aromatic carbocycles. The van der Waals surface area contributed by atoms with Crippen LogP contribution in [0.2, 0.25) is 0 Å². The van der Waals surface area contributed by atoms with Crippen LogP contribution in [-0.4, -0.2) is 4.90 Å². The summed E-state index contributed by atoms with van der Waals surface area (Å²) in [6.45, 7) is 8.98. The zero-order valence-corrected chi connectivity index (χ0v) is 11.4. The summed E-state index contributed by atoms with van der Waals surface area (Å²) in [5.41, 5.74) is 5.90. The Morgan fingerprint density at radius 2 is 1.65 bits per heavy atom. The topological polar surface area (TPSA) is 3.24 Å². The first-order chi connectivity index (χ1) is 9.79. The average molecular weight is 259 g/mol. The molecule has 0 saturated carbocycles. The SMILES string of the molecule is C=CN(Cc1ccccc1)C1=Cc2ccccc2C1=C. The number of fused-ring (bicyclic) bond motifs is 1. The monoisotopic (exact) mass is 259 g/mol. The van der Waals surface area contributed by atoms with E-state index in [1.54, 1.807) is 0 Å². The van der Waals surface area contributed by atoms with Gasteiger partial charge < -0.3 is 4.90 Å². The summed E-state index contributed by atoms with van der Waals surface area (Å²) in [5, 5.41) is 0. The fraction of sp³-hybridized carbons (Fsp3) is 0.0526. The van der Waals surface area contributed by atoms with E-state index in [0.29, 0.717) is 0 Å². The van der Waals surface area contributed by atoms with Crippen molar-refractivity contribution in [3.8, 4) is 0 Å². The quantitative estimate of drug-likeness (QED) is 0.769. The second-order valence-electron chi connectivity index (χ2n) is 4.89. The molecule has 98 valence electrons. The number of benzene rings is 2. The minimum absolute atomic E-state index is 0.809. The Kier molecular flexibility index (Phi) is 3.26. The lowest BCUT2D eigenvalue weighted by molar-refractivity contribution is 0.483. The Bertz CT molecular complexity index is 680. The van der Waals surface area contributed by atoms with Crippen LogP contribution >= 0.6 is 0 Å². The lowest BCUT2D eigenvalue weighted by Crippen LogP contribution is -2.15. The number of rotatable bonds is 4. The second kappa shape index (κ2) is 5.22. The van der Waals surface area contributed by atoms with Gasteiger partial charge in [0.2, 0.25) is 0 Å². The third-order valence-corrected chi connectivity index (χ3v) is 3.61. The molecule has 1 nitrogen and oxygen atoms in total. The minimum Gasteiger partial charge on any atom is -0.344 e. The van der Waals surface area contributed by atoms with Crippen molar-refractivity contribution < 1.29 is 0 Å². The van der Waals surface area contributed by atoms with E-state index in [4.69, 9.17) is 0 Å². The van der Waals surface area contributed by atoms with Crippen molar-refractivity contribution in [2.45, 2.75) is 6.54 Å². The van der Waals surface area contributed by atoms with E-state index in [9.17, 15) is 0 Å². The zero-order valence-electron chi connectivity index (χ0n) is 11.4. The highest BCUT2D eigenvalue weighted by molar-refractivity contribution is 5.93. The summed E-state index contributed by atoms with van der Waals surface area (Å²) in [6.07, 6.45) is 4.05. The third-order valence-electron chi connectivity index (χ3n) is 3.61. The van der Waals surface area contributed by atoms with E-state index in [0.717, 1.165) is 17.8 Å². The predicted molar refractivity (Wildman–Crippen MR) is 85.6 cm³/mol. The Morgan fingerprint density at radius 3 is 2.35 bits per heavy atom. The average Bonchev–Trinajstić information content (AvgIpc) is 2.83. The van der Waals surface area contributed by atoms with Crippen LogP contribution in [0.1, 0.15) is 16.7 Å². The highest BCUT2D eigenvalue weighted by atomic mass is 15.1. The first kappa shape index (κ1) is 12.5. The molecule has 20 heavy (non-hydrogen) atoms. The van der Waals surface area contributed by atoms with Crippen molar-refractivity contribution >= 4 is 11.6 Å². The van der Waals surface area contributed by atoms with Gasteiger partial charge in [0, 0.05) is 12.2 Å². The van der Waals surface area contributed by atoms with Crippen molar-refractivity contribution in [3.05, 3.63) is 96.3 Å². The molecule has 0 spiro atoms. The second-order valence-corrected chi connectivity index (χ2v) is 4.89. The maximum atomic E-state index is 4.23. The molecule has 1 heteroatoms. The van der Waals surface area contributed by atoms with Gasteiger partial charge in [0.25, 0.3) is 0 Å². The summed E-state index contributed by atoms with van der Waals surface area (Å²) < 4.78 is 0. The van der Waals surface area contributed by atoms with E-state index >= 15 is 0 Å². The zero-order chi connectivity index (χ0) is 13.9. The van der Waals surface area contributed by atoms with Crippen LogP contribution in [0.25, 0.3) is 11.6 Å². The summed E-state index contributed by atoms with van der Waals surface area (Å²) in [5.74, 6) is 0. The standard InChI is InChI=1S/C19H17N/c1-3-20(14-16-9-5-4-6-10-16)19-13-17-11-7-8-12-18(17)15(19)2/h3-13H,1-2,14H2. The van der Waals surface area contributed by atoms with Crippen LogP contribution in [0.5, 0.6) is 0 Å². The van der Waals surface area contributed by atoms with Gasteiger partial charge in [-0.05, 0) is 34.5 Å². The Morgan fingerprint density at radius 1 is 0.950 bits per heavy atom. The summed E-state index contributed by atoms with van der Waals surface area (Å²) >= 11 is 0. The fourth-order valence-corrected chi connectivity index (χ4v) is 2.55. The number of nitrogens with zero attached hydrogens (tertiary/aromatic N) is 1. The van der Waals surface area contributed by atoms with E-state index in [1.807, 2.05) is 12.3 Å². The van der Waals surface area contributed by atoms with Crippen LogP contribution in [0.15, 0.2) is 79.7 Å². The van der Waals surface area contributed by atoms with Crippen LogP contribution in [0.3, 0.4) is 0 Å². The molecular weight excluding hydrogens is 242 g/mol. The van der Waals surface area contributed by atoms with Gasteiger partial charge in [-0.25, -0.2) is 0 Å². The smallest absolute Gasteiger partial charge is 0.0489 e. The molecule has 0 fully saturated rings. The van der Waals surface area contributed by atoms with Gasteiger partial charge in [0.1, 0.15) is 0 Å². The summed E-state index contributed by atoms with van der Waals surface area (Å²) in [4.78, 5) is 2.15. The molecule has 0 N–H and O–H groups in total. The van der Waals surface area contributed by atoms with Gasteiger partial charge in [-0.3, -0.25) is 0 Å². The van der Waals surface area contributed by atoms with Gasteiger partial charge in [0.15, 0.2) is 0 Å². The molecule has 0 bridgehead atoms. The molecule has 0 aromatic heterocycles. The van der Waals surface area contributed by atoms with Crippen molar-refractivity contribution in [3.63, 3.8) is 0 Å². The third kappa shape index (κ3) is 2.19. The van der Waals surface area contributed by atoms with Crippen LogP contribution in [0.4, 0.5) is 0 Å². The molecule has 3 rings (SSSR count). The van der Waals surface area contributed by atoms with Crippen molar-refractivity contribution in [1.29, 1.82) is 0 Å². The van der Waals surface area contributed by atoms with Crippen molar-refractivity contribution in [1.82, 2.24) is 4.90 Å². The van der Waals surface area contributed by atoms with E-state index in [2.05, 4.69) is 72.7 Å². The van der Waals surface area contributed by atoms with E-state index < -0.39 is 0 Å².